The van der Waals surface area contributed by atoms with Gasteiger partial charge in [-0.15, -0.1) is 0 Å². The smallest absolute Gasteiger partial charge is 0.224 e. The van der Waals surface area contributed by atoms with Gasteiger partial charge in [-0.05, 0) is 59.7 Å². The molecule has 0 radical (unpaired) electrons. The highest BCUT2D eigenvalue weighted by molar-refractivity contribution is 5.77. The zero-order valence-electron chi connectivity index (χ0n) is 20.4. The van der Waals surface area contributed by atoms with E-state index in [4.69, 9.17) is 10.5 Å². The summed E-state index contributed by atoms with van der Waals surface area (Å²) in [5, 5.41) is 0. The van der Waals surface area contributed by atoms with Crippen molar-refractivity contribution in [2.75, 3.05) is 13.1 Å². The predicted molar refractivity (Wildman–Crippen MR) is 133 cm³/mol. The Morgan fingerprint density at radius 2 is 1.69 bits per heavy atom. The lowest BCUT2D eigenvalue weighted by molar-refractivity contribution is -0.130. The Labute approximate surface area is 209 Å². The van der Waals surface area contributed by atoms with Crippen LogP contribution in [-0.2, 0) is 24.1 Å². The maximum Gasteiger partial charge on any atom is 0.224 e. The van der Waals surface area contributed by atoms with Crippen molar-refractivity contribution in [2.45, 2.75) is 51.2 Å². The minimum absolute atomic E-state index is 0.0148. The fourth-order valence-electron chi connectivity index (χ4n) is 4.65. The van der Waals surface area contributed by atoms with Crippen LogP contribution in [0.2, 0.25) is 0 Å². The van der Waals surface area contributed by atoms with Gasteiger partial charge in [0.2, 0.25) is 5.91 Å². The number of hydrogen-bond donors (Lipinski definition) is 1. The number of ether oxygens (including phenoxy) is 1. The highest BCUT2D eigenvalue weighted by Crippen LogP contribution is 2.22. The average Bonchev–Trinajstić information content (AvgIpc) is 3.33. The van der Waals surface area contributed by atoms with Crippen LogP contribution in [0, 0.1) is 17.5 Å². The summed E-state index contributed by atoms with van der Waals surface area (Å²) in [5.74, 6) is -2.66. The summed E-state index contributed by atoms with van der Waals surface area (Å²) in [5.41, 5.74) is 9.85. The summed E-state index contributed by atoms with van der Waals surface area (Å²) in [7, 11) is 0. The Bertz CT molecular complexity index is 1200. The summed E-state index contributed by atoms with van der Waals surface area (Å²) in [6.45, 7) is 3.14. The highest BCUT2D eigenvalue weighted by atomic mass is 19.2. The maximum absolute atomic E-state index is 13.9. The molecule has 1 aliphatic heterocycles. The molecule has 1 aliphatic rings. The van der Waals surface area contributed by atoms with Gasteiger partial charge in [-0.2, -0.15) is 0 Å². The molecule has 2 N–H and O–H groups in total. The van der Waals surface area contributed by atoms with E-state index in [1.807, 2.05) is 12.1 Å². The second-order valence-corrected chi connectivity index (χ2v) is 9.34. The van der Waals surface area contributed by atoms with Crippen molar-refractivity contribution in [2.24, 2.45) is 5.73 Å². The molecule has 4 rings (SSSR count). The number of halogens is 3. The first-order chi connectivity index (χ1) is 17.3. The molecule has 0 bridgehead atoms. The van der Waals surface area contributed by atoms with Crippen LogP contribution in [0.1, 0.15) is 42.0 Å². The van der Waals surface area contributed by atoms with Gasteiger partial charge in [-0.1, -0.05) is 43.3 Å². The van der Waals surface area contributed by atoms with E-state index in [-0.39, 0.29) is 30.4 Å². The van der Waals surface area contributed by atoms with Crippen LogP contribution in [0.5, 0.6) is 5.75 Å². The Balaban J connectivity index is 1.26. The van der Waals surface area contributed by atoms with Gasteiger partial charge in [-0.25, -0.2) is 13.2 Å². The fourth-order valence-corrected chi connectivity index (χ4v) is 4.65. The van der Waals surface area contributed by atoms with Crippen LogP contribution in [0.3, 0.4) is 0 Å². The lowest BCUT2D eigenvalue weighted by Crippen LogP contribution is -2.36. The highest BCUT2D eigenvalue weighted by Gasteiger charge is 2.28. The minimum Gasteiger partial charge on any atom is -0.489 e. The normalized spacial score (nSPS) is 16.2. The summed E-state index contributed by atoms with van der Waals surface area (Å²) >= 11 is 0. The number of aryl methyl sites for hydroxylation is 1. The monoisotopic (exact) mass is 496 g/mol. The minimum atomic E-state index is -1.25. The first-order valence-corrected chi connectivity index (χ1v) is 12.3. The van der Waals surface area contributed by atoms with Gasteiger partial charge in [-0.3, -0.25) is 4.79 Å². The Kier molecular flexibility index (Phi) is 8.31. The number of nitrogens with zero attached hydrogens (tertiary/aromatic N) is 1. The molecule has 0 aliphatic carbocycles. The molecule has 4 nitrogen and oxygen atoms in total. The molecule has 1 heterocycles. The van der Waals surface area contributed by atoms with E-state index in [1.54, 1.807) is 4.90 Å². The number of benzene rings is 3. The van der Waals surface area contributed by atoms with Gasteiger partial charge < -0.3 is 15.4 Å². The molecule has 1 amide bonds. The number of amides is 1. The van der Waals surface area contributed by atoms with Gasteiger partial charge in [0.15, 0.2) is 11.6 Å². The topological polar surface area (TPSA) is 55.6 Å². The molecule has 3 aromatic carbocycles. The summed E-state index contributed by atoms with van der Waals surface area (Å²) < 4.78 is 46.5. The third-order valence-corrected chi connectivity index (χ3v) is 6.63. The molecule has 2 unspecified atom stereocenters. The van der Waals surface area contributed by atoms with Crippen molar-refractivity contribution in [3.63, 3.8) is 0 Å². The summed E-state index contributed by atoms with van der Waals surface area (Å²) in [6.07, 6.45) is 2.37. The molecule has 0 saturated carbocycles. The molecular weight excluding hydrogens is 465 g/mol. The number of rotatable bonds is 9. The summed E-state index contributed by atoms with van der Waals surface area (Å²) in [4.78, 5) is 14.4. The van der Waals surface area contributed by atoms with Gasteiger partial charge >= 0.3 is 0 Å². The molecular formula is C29H31F3N2O2. The number of nitrogens with two attached hydrogens (primary N) is 1. The molecule has 0 aromatic heterocycles. The predicted octanol–water partition coefficient (Wildman–Crippen LogP) is 5.20. The third-order valence-electron chi connectivity index (χ3n) is 6.63. The van der Waals surface area contributed by atoms with E-state index in [0.717, 1.165) is 24.7 Å². The Hall–Kier alpha value is -3.32. The van der Waals surface area contributed by atoms with Crippen molar-refractivity contribution < 1.29 is 22.7 Å². The zero-order valence-corrected chi connectivity index (χ0v) is 20.4. The van der Waals surface area contributed by atoms with Gasteiger partial charge in [0.1, 0.15) is 17.7 Å². The van der Waals surface area contributed by atoms with E-state index in [9.17, 15) is 18.0 Å². The lowest BCUT2D eigenvalue weighted by atomic mass is 9.98. The SMILES string of the molecule is CCc1ccccc1Cc1ccc(OC2CCN(C(=O)CC(N)Cc3cc(F)c(F)cc3F)C2)cc1. The van der Waals surface area contributed by atoms with Crippen LogP contribution < -0.4 is 10.5 Å². The van der Waals surface area contributed by atoms with Crippen molar-refractivity contribution >= 4 is 5.91 Å². The van der Waals surface area contributed by atoms with Crippen molar-refractivity contribution in [3.8, 4) is 5.75 Å². The molecule has 1 fully saturated rings. The molecule has 190 valence electrons. The second-order valence-electron chi connectivity index (χ2n) is 9.34. The van der Waals surface area contributed by atoms with Crippen LogP contribution >= 0.6 is 0 Å². The van der Waals surface area contributed by atoms with E-state index in [0.29, 0.717) is 25.6 Å². The number of hydrogen-bond acceptors (Lipinski definition) is 3. The van der Waals surface area contributed by atoms with E-state index < -0.39 is 23.5 Å². The average molecular weight is 497 g/mol. The first kappa shape index (κ1) is 25.8. The van der Waals surface area contributed by atoms with E-state index >= 15 is 0 Å². The standard InChI is InChI=1S/C29H31F3N2O2/c1-2-20-5-3-4-6-21(20)13-19-7-9-24(10-8-19)36-25-11-12-34(18-25)29(35)16-23(33)14-22-15-27(31)28(32)17-26(22)30/h3-10,15,17,23,25H,2,11-14,16,18,33H2,1H3. The fraction of sp³-hybridized carbons (Fsp3) is 0.345. The Morgan fingerprint density at radius 1 is 1.00 bits per heavy atom. The molecule has 7 heteroatoms. The van der Waals surface area contributed by atoms with Gasteiger partial charge in [0.05, 0.1) is 6.54 Å². The molecule has 36 heavy (non-hydrogen) atoms. The molecule has 1 saturated heterocycles. The second kappa shape index (κ2) is 11.6. The molecule has 2 atom stereocenters. The maximum atomic E-state index is 13.9. The number of carbonyl (C=O) groups is 1. The largest absolute Gasteiger partial charge is 0.489 e. The van der Waals surface area contributed by atoms with Crippen LogP contribution in [0.4, 0.5) is 13.2 Å². The third kappa shape index (κ3) is 6.46. The van der Waals surface area contributed by atoms with E-state index in [1.165, 1.54) is 16.7 Å². The molecule has 0 spiro atoms. The number of carbonyl (C=O) groups excluding carboxylic acids is 1. The quantitative estimate of drug-likeness (QED) is 0.415. The van der Waals surface area contributed by atoms with Crippen molar-refractivity contribution in [1.29, 1.82) is 0 Å². The first-order valence-electron chi connectivity index (χ1n) is 12.3. The van der Waals surface area contributed by atoms with Crippen molar-refractivity contribution in [3.05, 3.63) is 100 Å². The van der Waals surface area contributed by atoms with Crippen molar-refractivity contribution in [1.82, 2.24) is 4.90 Å². The summed E-state index contributed by atoms with van der Waals surface area (Å²) in [6, 6.07) is 17.1. The van der Waals surface area contributed by atoms with Gasteiger partial charge in [0.25, 0.3) is 0 Å². The van der Waals surface area contributed by atoms with Crippen LogP contribution in [-0.4, -0.2) is 36.0 Å². The van der Waals surface area contributed by atoms with Crippen LogP contribution in [0.15, 0.2) is 60.7 Å². The zero-order chi connectivity index (χ0) is 25.7. The number of likely N-dealkylation sites (tertiary alicyclic amines) is 1. The molecule has 3 aromatic rings. The van der Waals surface area contributed by atoms with Gasteiger partial charge in [0, 0.05) is 31.5 Å². The lowest BCUT2D eigenvalue weighted by Gasteiger charge is -2.20. The Morgan fingerprint density at radius 3 is 2.42 bits per heavy atom. The van der Waals surface area contributed by atoms with Crippen LogP contribution in [0.25, 0.3) is 0 Å². The van der Waals surface area contributed by atoms with E-state index in [2.05, 4.69) is 43.3 Å².